The van der Waals surface area contributed by atoms with Crippen LogP contribution in [0.2, 0.25) is 0 Å². The number of esters is 1. The van der Waals surface area contributed by atoms with Crippen LogP contribution in [-0.4, -0.2) is 65.2 Å². The quantitative estimate of drug-likeness (QED) is 0.0947. The molecular weight excluding hydrogens is 737 g/mol. The molecular formula is C35H33F2N4O12P. The molecule has 0 spiro atoms. The summed E-state index contributed by atoms with van der Waals surface area (Å²) in [6.07, 6.45) is -8.33. The number of carbonyl (C=O) groups is 3. The number of cyclic esters (lactones) is 1. The van der Waals surface area contributed by atoms with Gasteiger partial charge >= 0.3 is 37.6 Å². The van der Waals surface area contributed by atoms with Crippen molar-refractivity contribution in [3.63, 3.8) is 0 Å². The van der Waals surface area contributed by atoms with Gasteiger partial charge in [-0.2, -0.15) is 18.9 Å². The van der Waals surface area contributed by atoms with Gasteiger partial charge in [-0.1, -0.05) is 78.9 Å². The molecule has 54 heavy (non-hydrogen) atoms. The van der Waals surface area contributed by atoms with Gasteiger partial charge < -0.3 is 28.2 Å². The average Bonchev–Trinajstić information content (AvgIpc) is 3.67. The Morgan fingerprint density at radius 1 is 0.907 bits per heavy atom. The van der Waals surface area contributed by atoms with Crippen molar-refractivity contribution in [2.24, 2.45) is 0 Å². The van der Waals surface area contributed by atoms with Crippen molar-refractivity contribution in [3.05, 3.63) is 125 Å². The fraction of sp³-hybridized carbons (Fsp3) is 0.286. The normalized spacial score (nSPS) is 21.3. The van der Waals surface area contributed by atoms with Crippen LogP contribution in [0.3, 0.4) is 0 Å². The standard InChI is InChI=1S/C35H33F2N4O12P/c36-35(37)29(52-34(45)49-21-24-12-6-2-7-13-24)27(22-50-54(46,40-26-17-19-47-30(26)42)53-25-14-8-3-9-15-25)51-31(35)41-18-16-28(38-32(41)43)39-33(44)48-20-23-10-4-1-5-11-23/h1-16,18,26-27,29,31H,17,19-22H2,(H,40,46)(H,38,39,43,44). The van der Waals surface area contributed by atoms with Crippen LogP contribution >= 0.6 is 7.75 Å². The number of aromatic nitrogens is 2. The molecule has 3 heterocycles. The summed E-state index contributed by atoms with van der Waals surface area (Å²) >= 11 is 0. The number of nitrogens with one attached hydrogen (secondary N) is 2. The van der Waals surface area contributed by atoms with E-state index in [1.54, 1.807) is 78.9 Å². The molecule has 3 aromatic carbocycles. The van der Waals surface area contributed by atoms with E-state index >= 15 is 8.78 Å². The predicted octanol–water partition coefficient (Wildman–Crippen LogP) is 5.36. The van der Waals surface area contributed by atoms with Gasteiger partial charge in [0.2, 0.25) is 12.3 Å². The maximum atomic E-state index is 16.3. The fourth-order valence-electron chi connectivity index (χ4n) is 5.31. The van der Waals surface area contributed by atoms with Crippen molar-refractivity contribution in [2.45, 2.75) is 50.0 Å². The largest absolute Gasteiger partial charge is 0.509 e. The molecule has 0 saturated carbocycles. The molecule has 19 heteroatoms. The van der Waals surface area contributed by atoms with E-state index in [-0.39, 0.29) is 37.8 Å². The number of amides is 1. The number of para-hydroxylation sites is 1. The zero-order valence-electron chi connectivity index (χ0n) is 28.2. The number of alkyl halides is 2. The minimum Gasteiger partial charge on any atom is -0.464 e. The Hall–Kier alpha value is -5.68. The summed E-state index contributed by atoms with van der Waals surface area (Å²) in [6, 6.07) is 24.7. The first-order valence-corrected chi connectivity index (χ1v) is 17.9. The maximum Gasteiger partial charge on any atom is 0.509 e. The second-order valence-corrected chi connectivity index (χ2v) is 13.5. The van der Waals surface area contributed by atoms with E-state index in [2.05, 4.69) is 15.4 Å². The summed E-state index contributed by atoms with van der Waals surface area (Å²) in [4.78, 5) is 54.0. The van der Waals surface area contributed by atoms with Crippen LogP contribution in [0.1, 0.15) is 23.8 Å². The van der Waals surface area contributed by atoms with E-state index in [1.807, 2.05) is 0 Å². The highest BCUT2D eigenvalue weighted by molar-refractivity contribution is 7.52. The SMILES string of the molecule is O=C(Nc1ccn(C2OC(COP(=O)(NC3CCOC3=O)Oc3ccccc3)C(OC(=O)OCc3ccccc3)C2(F)F)c(=O)n1)OCc1ccccc1. The Balaban J connectivity index is 1.21. The van der Waals surface area contributed by atoms with Gasteiger partial charge in [-0.15, -0.1) is 0 Å². The third kappa shape index (κ3) is 9.64. The number of rotatable bonds is 14. The van der Waals surface area contributed by atoms with Crippen LogP contribution in [0, 0.1) is 0 Å². The lowest BCUT2D eigenvalue weighted by molar-refractivity contribution is -0.146. The molecule has 2 N–H and O–H groups in total. The molecule has 1 amide bonds. The molecule has 2 saturated heterocycles. The Morgan fingerprint density at radius 2 is 1.54 bits per heavy atom. The van der Waals surface area contributed by atoms with Crippen molar-refractivity contribution in [1.82, 2.24) is 14.6 Å². The van der Waals surface area contributed by atoms with Crippen LogP contribution in [-0.2, 0) is 50.8 Å². The first kappa shape index (κ1) is 38.1. The van der Waals surface area contributed by atoms with Crippen molar-refractivity contribution in [2.75, 3.05) is 18.5 Å². The third-order valence-corrected chi connectivity index (χ3v) is 9.49. The second-order valence-electron chi connectivity index (χ2n) is 11.8. The summed E-state index contributed by atoms with van der Waals surface area (Å²) in [5.74, 6) is -5.18. The topological polar surface area (TPSA) is 192 Å². The van der Waals surface area contributed by atoms with Gasteiger partial charge in [-0.25, -0.2) is 18.9 Å². The molecule has 0 bridgehead atoms. The molecule has 284 valence electrons. The van der Waals surface area contributed by atoms with Crippen LogP contribution in [0.4, 0.5) is 24.2 Å². The number of carbonyl (C=O) groups excluding carboxylic acids is 3. The highest BCUT2D eigenvalue weighted by Crippen LogP contribution is 2.49. The van der Waals surface area contributed by atoms with Crippen LogP contribution < -0.4 is 20.6 Å². The Labute approximate surface area is 305 Å². The number of nitrogens with zero attached hydrogens (tertiary/aromatic N) is 2. The van der Waals surface area contributed by atoms with E-state index in [9.17, 15) is 23.7 Å². The summed E-state index contributed by atoms with van der Waals surface area (Å²) in [6.45, 7) is -1.37. The predicted molar refractivity (Wildman–Crippen MR) is 182 cm³/mol. The molecule has 1 aromatic heterocycles. The Bertz CT molecular complexity index is 2030. The molecule has 5 atom stereocenters. The van der Waals surface area contributed by atoms with E-state index < -0.39 is 68.7 Å². The molecule has 2 aliphatic heterocycles. The number of halogens is 2. The first-order chi connectivity index (χ1) is 26.0. The number of hydrogen-bond donors (Lipinski definition) is 2. The Kier molecular flexibility index (Phi) is 12.0. The monoisotopic (exact) mass is 770 g/mol. The van der Waals surface area contributed by atoms with Crippen LogP contribution in [0.25, 0.3) is 0 Å². The zero-order valence-corrected chi connectivity index (χ0v) is 29.1. The smallest absolute Gasteiger partial charge is 0.464 e. The van der Waals surface area contributed by atoms with Crippen molar-refractivity contribution < 1.29 is 60.5 Å². The van der Waals surface area contributed by atoms with Gasteiger partial charge in [0.05, 0.1) is 13.2 Å². The summed E-state index contributed by atoms with van der Waals surface area (Å²) in [7, 11) is -4.56. The fourth-order valence-corrected chi connectivity index (χ4v) is 6.85. The van der Waals surface area contributed by atoms with Gasteiger partial charge in [-0.3, -0.25) is 19.2 Å². The summed E-state index contributed by atoms with van der Waals surface area (Å²) in [5, 5.41) is 4.72. The third-order valence-electron chi connectivity index (χ3n) is 7.93. The second kappa shape index (κ2) is 17.0. The minimum absolute atomic E-state index is 0.0223. The molecule has 4 aromatic rings. The Morgan fingerprint density at radius 3 is 2.15 bits per heavy atom. The molecule has 0 radical (unpaired) electrons. The molecule has 2 aliphatic rings. The summed E-state index contributed by atoms with van der Waals surface area (Å²) in [5.41, 5.74) is -0.0601. The van der Waals surface area contributed by atoms with Crippen LogP contribution in [0.15, 0.2) is 108 Å². The molecule has 2 fully saturated rings. The molecule has 0 aliphatic carbocycles. The van der Waals surface area contributed by atoms with Gasteiger partial charge in [-0.05, 0) is 29.3 Å². The van der Waals surface area contributed by atoms with Crippen molar-refractivity contribution >= 4 is 31.8 Å². The minimum atomic E-state index is -4.56. The lowest BCUT2D eigenvalue weighted by atomic mass is 10.1. The number of hydrogen-bond acceptors (Lipinski definition) is 13. The number of anilines is 1. The molecule has 5 unspecified atom stereocenters. The first-order valence-electron chi connectivity index (χ1n) is 16.4. The van der Waals surface area contributed by atoms with Crippen molar-refractivity contribution in [3.8, 4) is 5.75 Å². The van der Waals surface area contributed by atoms with E-state index in [1.165, 1.54) is 12.1 Å². The number of ether oxygens (including phenoxy) is 5. The van der Waals surface area contributed by atoms with Gasteiger partial charge in [0.1, 0.15) is 36.9 Å². The zero-order chi connectivity index (χ0) is 38.1. The summed E-state index contributed by atoms with van der Waals surface area (Å²) < 4.78 is 83.8. The lowest BCUT2D eigenvalue weighted by Crippen LogP contribution is -2.45. The van der Waals surface area contributed by atoms with Gasteiger partial charge in [0.25, 0.3) is 0 Å². The molecule has 6 rings (SSSR count). The number of benzene rings is 3. The van der Waals surface area contributed by atoms with Gasteiger partial charge in [0.15, 0.2) is 0 Å². The highest BCUT2D eigenvalue weighted by atomic mass is 31.2. The average molecular weight is 771 g/mol. The van der Waals surface area contributed by atoms with Gasteiger partial charge in [0, 0.05) is 12.6 Å². The van der Waals surface area contributed by atoms with E-state index in [0.717, 1.165) is 12.3 Å². The van der Waals surface area contributed by atoms with E-state index in [0.29, 0.717) is 15.7 Å². The highest BCUT2D eigenvalue weighted by Gasteiger charge is 2.63. The lowest BCUT2D eigenvalue weighted by Gasteiger charge is -2.25. The van der Waals surface area contributed by atoms with Crippen molar-refractivity contribution in [1.29, 1.82) is 0 Å². The van der Waals surface area contributed by atoms with E-state index in [4.69, 9.17) is 32.7 Å². The maximum absolute atomic E-state index is 16.3. The van der Waals surface area contributed by atoms with Crippen LogP contribution in [0.5, 0.6) is 5.75 Å². The molecule has 16 nitrogen and oxygen atoms in total.